The van der Waals surface area contributed by atoms with E-state index in [0.29, 0.717) is 11.3 Å². The standard InChI is InChI=1S/C17H13ClF2O/c1-12-4-7-17(14(9-12)3-2-8-18)21-11-13-5-6-15(19)16(20)10-13/h4-7,9-10H,8,11H2,1H3. The molecule has 4 heteroatoms. The highest BCUT2D eigenvalue weighted by Gasteiger charge is 2.05. The maximum atomic E-state index is 13.1. The molecule has 0 atom stereocenters. The number of ether oxygens (including phenoxy) is 1. The Kier molecular flexibility index (Phi) is 5.19. The minimum absolute atomic E-state index is 0.135. The number of alkyl halides is 1. The van der Waals surface area contributed by atoms with Crippen molar-refractivity contribution in [2.75, 3.05) is 5.88 Å². The van der Waals surface area contributed by atoms with Gasteiger partial charge in [-0.2, -0.15) is 0 Å². The van der Waals surface area contributed by atoms with Crippen LogP contribution in [0.5, 0.6) is 5.75 Å². The summed E-state index contributed by atoms with van der Waals surface area (Å²) in [4.78, 5) is 0. The largest absolute Gasteiger partial charge is 0.488 e. The molecule has 0 aromatic heterocycles. The van der Waals surface area contributed by atoms with Gasteiger partial charge in [-0.05, 0) is 42.3 Å². The Labute approximate surface area is 127 Å². The van der Waals surface area contributed by atoms with Crippen molar-refractivity contribution in [2.24, 2.45) is 0 Å². The van der Waals surface area contributed by atoms with Crippen molar-refractivity contribution in [1.29, 1.82) is 0 Å². The lowest BCUT2D eigenvalue weighted by molar-refractivity contribution is 0.304. The summed E-state index contributed by atoms with van der Waals surface area (Å²) >= 11 is 5.56. The third kappa shape index (κ3) is 4.21. The topological polar surface area (TPSA) is 9.23 Å². The summed E-state index contributed by atoms with van der Waals surface area (Å²) < 4.78 is 31.6. The normalized spacial score (nSPS) is 9.90. The predicted octanol–water partition coefficient (Wildman–Crippen LogP) is 4.44. The average Bonchev–Trinajstić information content (AvgIpc) is 2.47. The number of rotatable bonds is 3. The van der Waals surface area contributed by atoms with Gasteiger partial charge in [-0.3, -0.25) is 0 Å². The van der Waals surface area contributed by atoms with Crippen LogP contribution < -0.4 is 4.74 Å². The second-order valence-corrected chi connectivity index (χ2v) is 4.74. The summed E-state index contributed by atoms with van der Waals surface area (Å²) in [6.45, 7) is 2.08. The first kappa shape index (κ1) is 15.3. The van der Waals surface area contributed by atoms with Gasteiger partial charge < -0.3 is 4.74 Å². The van der Waals surface area contributed by atoms with Gasteiger partial charge in [0.15, 0.2) is 11.6 Å². The van der Waals surface area contributed by atoms with Gasteiger partial charge in [-0.15, -0.1) is 11.6 Å². The molecule has 0 amide bonds. The van der Waals surface area contributed by atoms with E-state index in [4.69, 9.17) is 16.3 Å². The molecule has 108 valence electrons. The fourth-order valence-corrected chi connectivity index (χ4v) is 1.85. The summed E-state index contributed by atoms with van der Waals surface area (Å²) in [7, 11) is 0. The van der Waals surface area contributed by atoms with Crippen molar-refractivity contribution in [3.05, 3.63) is 64.7 Å². The maximum absolute atomic E-state index is 13.1. The van der Waals surface area contributed by atoms with Crippen LogP contribution in [0.2, 0.25) is 0 Å². The Morgan fingerprint density at radius 2 is 1.90 bits per heavy atom. The molecule has 0 saturated heterocycles. The van der Waals surface area contributed by atoms with Gasteiger partial charge in [-0.25, -0.2) is 8.78 Å². The second-order valence-electron chi connectivity index (χ2n) is 4.47. The van der Waals surface area contributed by atoms with Crippen LogP contribution >= 0.6 is 11.6 Å². The molecule has 0 heterocycles. The molecule has 0 bridgehead atoms. The first-order valence-electron chi connectivity index (χ1n) is 6.32. The highest BCUT2D eigenvalue weighted by molar-refractivity contribution is 6.19. The van der Waals surface area contributed by atoms with E-state index in [0.717, 1.165) is 23.3 Å². The van der Waals surface area contributed by atoms with E-state index >= 15 is 0 Å². The zero-order valence-electron chi connectivity index (χ0n) is 11.4. The SMILES string of the molecule is Cc1ccc(OCc2ccc(F)c(F)c2)c(C#CCCl)c1. The van der Waals surface area contributed by atoms with Crippen LogP contribution in [0.25, 0.3) is 0 Å². The molecule has 0 aliphatic carbocycles. The summed E-state index contributed by atoms with van der Waals surface area (Å²) in [6, 6.07) is 9.27. The van der Waals surface area contributed by atoms with Gasteiger partial charge in [-0.1, -0.05) is 24.0 Å². The molecule has 2 aromatic carbocycles. The Balaban J connectivity index is 2.17. The van der Waals surface area contributed by atoms with Crippen LogP contribution in [0.4, 0.5) is 8.78 Å². The summed E-state index contributed by atoms with van der Waals surface area (Å²) in [5.74, 6) is 4.75. The molecule has 2 aromatic rings. The number of hydrogen-bond acceptors (Lipinski definition) is 1. The van der Waals surface area contributed by atoms with Crippen LogP contribution in [-0.4, -0.2) is 5.88 Å². The molecule has 0 radical (unpaired) electrons. The minimum atomic E-state index is -0.887. The van der Waals surface area contributed by atoms with Gasteiger partial charge in [0, 0.05) is 0 Å². The lowest BCUT2D eigenvalue weighted by Gasteiger charge is -2.09. The average molecular weight is 307 g/mol. The van der Waals surface area contributed by atoms with Crippen LogP contribution in [-0.2, 0) is 6.61 Å². The van der Waals surface area contributed by atoms with Crippen LogP contribution in [0, 0.1) is 30.4 Å². The smallest absolute Gasteiger partial charge is 0.159 e. The molecule has 1 nitrogen and oxygen atoms in total. The van der Waals surface area contributed by atoms with Crippen molar-refractivity contribution in [3.8, 4) is 17.6 Å². The molecule has 0 spiro atoms. The number of benzene rings is 2. The van der Waals surface area contributed by atoms with Crippen molar-refractivity contribution in [2.45, 2.75) is 13.5 Å². The maximum Gasteiger partial charge on any atom is 0.159 e. The highest BCUT2D eigenvalue weighted by atomic mass is 35.5. The molecular formula is C17H13ClF2O. The fraction of sp³-hybridized carbons (Fsp3) is 0.176. The van der Waals surface area contributed by atoms with E-state index in [1.54, 1.807) is 6.07 Å². The first-order valence-corrected chi connectivity index (χ1v) is 6.86. The Morgan fingerprint density at radius 1 is 1.10 bits per heavy atom. The van der Waals surface area contributed by atoms with Crippen molar-refractivity contribution in [3.63, 3.8) is 0 Å². The molecule has 21 heavy (non-hydrogen) atoms. The van der Waals surface area contributed by atoms with Gasteiger partial charge in [0.05, 0.1) is 11.4 Å². The number of aryl methyl sites for hydroxylation is 1. The zero-order chi connectivity index (χ0) is 15.2. The summed E-state index contributed by atoms with van der Waals surface area (Å²) in [5, 5.41) is 0. The quantitative estimate of drug-likeness (QED) is 0.601. The Morgan fingerprint density at radius 3 is 2.62 bits per heavy atom. The van der Waals surface area contributed by atoms with Gasteiger partial charge in [0.25, 0.3) is 0 Å². The van der Waals surface area contributed by atoms with Gasteiger partial charge in [0.1, 0.15) is 12.4 Å². The van der Waals surface area contributed by atoms with E-state index in [1.807, 2.05) is 19.1 Å². The zero-order valence-corrected chi connectivity index (χ0v) is 12.2. The van der Waals surface area contributed by atoms with Crippen molar-refractivity contribution >= 4 is 11.6 Å². The first-order chi connectivity index (χ1) is 10.1. The summed E-state index contributed by atoms with van der Waals surface area (Å²) in [6.07, 6.45) is 0. The molecule has 0 unspecified atom stereocenters. The molecule has 0 saturated carbocycles. The van der Waals surface area contributed by atoms with Crippen molar-refractivity contribution < 1.29 is 13.5 Å². The lowest BCUT2D eigenvalue weighted by atomic mass is 10.1. The molecule has 0 N–H and O–H groups in total. The molecule has 0 aliphatic rings. The van der Waals surface area contributed by atoms with Crippen LogP contribution in [0.3, 0.4) is 0 Å². The predicted molar refractivity (Wildman–Crippen MR) is 79.5 cm³/mol. The van der Waals surface area contributed by atoms with E-state index < -0.39 is 11.6 Å². The van der Waals surface area contributed by atoms with E-state index in [2.05, 4.69) is 11.8 Å². The van der Waals surface area contributed by atoms with Crippen LogP contribution in [0.1, 0.15) is 16.7 Å². The number of halogens is 3. The second kappa shape index (κ2) is 7.10. The Bertz CT molecular complexity index is 702. The van der Waals surface area contributed by atoms with Crippen LogP contribution in [0.15, 0.2) is 36.4 Å². The van der Waals surface area contributed by atoms with E-state index in [1.165, 1.54) is 6.07 Å². The lowest BCUT2D eigenvalue weighted by Crippen LogP contribution is -1.99. The number of hydrogen-bond donors (Lipinski definition) is 0. The van der Waals surface area contributed by atoms with E-state index in [9.17, 15) is 8.78 Å². The van der Waals surface area contributed by atoms with Gasteiger partial charge in [0.2, 0.25) is 0 Å². The third-order valence-electron chi connectivity index (χ3n) is 2.80. The Hall–Kier alpha value is -2.05. The van der Waals surface area contributed by atoms with Gasteiger partial charge >= 0.3 is 0 Å². The minimum Gasteiger partial charge on any atom is -0.488 e. The highest BCUT2D eigenvalue weighted by Crippen LogP contribution is 2.21. The molecular weight excluding hydrogens is 294 g/mol. The fourth-order valence-electron chi connectivity index (χ4n) is 1.79. The van der Waals surface area contributed by atoms with Crippen molar-refractivity contribution in [1.82, 2.24) is 0 Å². The molecule has 2 rings (SSSR count). The molecule has 0 fully saturated rings. The molecule has 0 aliphatic heterocycles. The van der Waals surface area contributed by atoms with E-state index in [-0.39, 0.29) is 12.5 Å². The monoisotopic (exact) mass is 306 g/mol. The third-order valence-corrected chi connectivity index (χ3v) is 2.94. The summed E-state index contributed by atoms with van der Waals surface area (Å²) in [5.41, 5.74) is 2.32.